The number of rotatable bonds is 4. The van der Waals surface area contributed by atoms with E-state index in [0.29, 0.717) is 10.7 Å². The largest absolute Gasteiger partial charge is 0.461 e. The zero-order valence-corrected chi connectivity index (χ0v) is 11.1. The lowest BCUT2D eigenvalue weighted by Crippen LogP contribution is -2.08. The van der Waals surface area contributed by atoms with Gasteiger partial charge in [-0.1, -0.05) is 35.9 Å². The van der Waals surface area contributed by atoms with E-state index >= 15 is 0 Å². The average Bonchev–Trinajstić information content (AvgIpc) is 2.36. The molecular formula is C15H14ClNO2. The summed E-state index contributed by atoms with van der Waals surface area (Å²) in [6, 6.07) is 14.4. The molecular weight excluding hydrogens is 262 g/mol. The van der Waals surface area contributed by atoms with Crippen LogP contribution >= 0.6 is 11.6 Å². The van der Waals surface area contributed by atoms with Gasteiger partial charge < -0.3 is 10.5 Å². The number of anilines is 1. The zero-order valence-electron chi connectivity index (χ0n) is 10.3. The minimum Gasteiger partial charge on any atom is -0.461 e. The van der Waals surface area contributed by atoms with Crippen molar-refractivity contribution in [3.8, 4) is 0 Å². The molecule has 3 nitrogen and oxygen atoms in total. The molecule has 2 N–H and O–H groups in total. The first-order valence-corrected chi connectivity index (χ1v) is 6.26. The van der Waals surface area contributed by atoms with Crippen LogP contribution in [-0.4, -0.2) is 5.97 Å². The van der Waals surface area contributed by atoms with E-state index in [1.807, 2.05) is 24.3 Å². The van der Waals surface area contributed by atoms with Gasteiger partial charge in [-0.15, -0.1) is 0 Å². The minimum atomic E-state index is -0.287. The number of halogens is 1. The van der Waals surface area contributed by atoms with Crippen LogP contribution in [0, 0.1) is 0 Å². The average molecular weight is 276 g/mol. The van der Waals surface area contributed by atoms with Crippen LogP contribution in [0.2, 0.25) is 5.02 Å². The lowest BCUT2D eigenvalue weighted by Gasteiger charge is -2.06. The summed E-state index contributed by atoms with van der Waals surface area (Å²) in [5, 5.41) is 0.629. The molecule has 0 atom stereocenters. The lowest BCUT2D eigenvalue weighted by atomic mass is 10.1. The predicted octanol–water partition coefficient (Wildman–Crippen LogP) is 3.21. The van der Waals surface area contributed by atoms with Crippen LogP contribution in [0.5, 0.6) is 0 Å². The number of carbonyl (C=O) groups is 1. The molecule has 0 aliphatic rings. The molecule has 19 heavy (non-hydrogen) atoms. The SMILES string of the molecule is Nc1cccc(CC(=O)OCc2cccc(Cl)c2)c1. The summed E-state index contributed by atoms with van der Waals surface area (Å²) in [5.74, 6) is -0.287. The molecule has 0 aliphatic carbocycles. The summed E-state index contributed by atoms with van der Waals surface area (Å²) in [7, 11) is 0. The molecule has 0 radical (unpaired) electrons. The van der Waals surface area contributed by atoms with E-state index in [9.17, 15) is 4.79 Å². The number of nitrogens with two attached hydrogens (primary N) is 1. The number of esters is 1. The van der Waals surface area contributed by atoms with Gasteiger partial charge in [0.2, 0.25) is 0 Å². The molecule has 0 bridgehead atoms. The second-order valence-corrected chi connectivity index (χ2v) is 4.65. The molecule has 0 aromatic heterocycles. The van der Waals surface area contributed by atoms with Crippen molar-refractivity contribution in [2.45, 2.75) is 13.0 Å². The summed E-state index contributed by atoms with van der Waals surface area (Å²) < 4.78 is 5.19. The highest BCUT2D eigenvalue weighted by atomic mass is 35.5. The number of carbonyl (C=O) groups excluding carboxylic acids is 1. The van der Waals surface area contributed by atoms with Gasteiger partial charge in [-0.2, -0.15) is 0 Å². The summed E-state index contributed by atoms with van der Waals surface area (Å²) in [6.07, 6.45) is 0.214. The van der Waals surface area contributed by atoms with E-state index in [1.54, 1.807) is 24.3 Å². The Hall–Kier alpha value is -2.00. The minimum absolute atomic E-state index is 0.214. The smallest absolute Gasteiger partial charge is 0.310 e. The molecule has 0 spiro atoms. The fourth-order valence-corrected chi connectivity index (χ4v) is 1.92. The fraction of sp³-hybridized carbons (Fsp3) is 0.133. The topological polar surface area (TPSA) is 52.3 Å². The number of hydrogen-bond donors (Lipinski definition) is 1. The van der Waals surface area contributed by atoms with Crippen LogP contribution < -0.4 is 5.73 Å². The van der Waals surface area contributed by atoms with Crippen molar-refractivity contribution >= 4 is 23.3 Å². The molecule has 0 amide bonds. The molecule has 0 aliphatic heterocycles. The first-order chi connectivity index (χ1) is 9.13. The van der Waals surface area contributed by atoms with Crippen molar-refractivity contribution in [1.82, 2.24) is 0 Å². The molecule has 2 aromatic rings. The predicted molar refractivity (Wildman–Crippen MR) is 75.8 cm³/mol. The Morgan fingerprint density at radius 2 is 1.84 bits per heavy atom. The van der Waals surface area contributed by atoms with Gasteiger partial charge in [0.05, 0.1) is 6.42 Å². The van der Waals surface area contributed by atoms with E-state index < -0.39 is 0 Å². The molecule has 0 fully saturated rings. The van der Waals surface area contributed by atoms with E-state index in [0.717, 1.165) is 11.1 Å². The molecule has 0 saturated heterocycles. The maximum Gasteiger partial charge on any atom is 0.310 e. The molecule has 4 heteroatoms. The summed E-state index contributed by atoms with van der Waals surface area (Å²) >= 11 is 5.85. The zero-order chi connectivity index (χ0) is 13.7. The van der Waals surface area contributed by atoms with Gasteiger partial charge in [-0.3, -0.25) is 4.79 Å². The maximum atomic E-state index is 11.7. The fourth-order valence-electron chi connectivity index (χ4n) is 1.71. The highest BCUT2D eigenvalue weighted by molar-refractivity contribution is 6.30. The van der Waals surface area contributed by atoms with Crippen LogP contribution in [0.1, 0.15) is 11.1 Å². The molecule has 0 heterocycles. The second kappa shape index (κ2) is 6.25. The van der Waals surface area contributed by atoms with Crippen molar-refractivity contribution in [3.63, 3.8) is 0 Å². The third-order valence-corrected chi connectivity index (χ3v) is 2.82. The Morgan fingerprint density at radius 3 is 2.58 bits per heavy atom. The molecule has 2 rings (SSSR count). The van der Waals surface area contributed by atoms with Gasteiger partial charge in [-0.05, 0) is 35.4 Å². The standard InChI is InChI=1S/C15H14ClNO2/c16-13-5-1-4-12(7-13)10-19-15(18)9-11-3-2-6-14(17)8-11/h1-8H,9-10,17H2. The third kappa shape index (κ3) is 4.30. The van der Waals surface area contributed by atoms with Gasteiger partial charge in [0.1, 0.15) is 6.61 Å². The first kappa shape index (κ1) is 13.4. The Balaban J connectivity index is 1.88. The monoisotopic (exact) mass is 275 g/mol. The first-order valence-electron chi connectivity index (χ1n) is 5.88. The Morgan fingerprint density at radius 1 is 1.11 bits per heavy atom. The molecule has 0 unspecified atom stereocenters. The molecule has 98 valence electrons. The number of benzene rings is 2. The highest BCUT2D eigenvalue weighted by Gasteiger charge is 2.05. The Kier molecular flexibility index (Phi) is 4.42. The summed E-state index contributed by atoms with van der Waals surface area (Å²) in [6.45, 7) is 0.224. The number of hydrogen-bond acceptors (Lipinski definition) is 3. The Bertz CT molecular complexity index is 584. The van der Waals surface area contributed by atoms with Gasteiger partial charge in [-0.25, -0.2) is 0 Å². The lowest BCUT2D eigenvalue weighted by molar-refractivity contribution is -0.144. The van der Waals surface area contributed by atoms with Gasteiger partial charge in [0, 0.05) is 10.7 Å². The Labute approximate surface area is 117 Å². The summed E-state index contributed by atoms with van der Waals surface area (Å²) in [5.41, 5.74) is 8.00. The highest BCUT2D eigenvalue weighted by Crippen LogP contribution is 2.12. The van der Waals surface area contributed by atoms with Gasteiger partial charge >= 0.3 is 5.97 Å². The number of ether oxygens (including phenoxy) is 1. The summed E-state index contributed by atoms with van der Waals surface area (Å²) in [4.78, 5) is 11.7. The van der Waals surface area contributed by atoms with Crippen molar-refractivity contribution in [3.05, 3.63) is 64.7 Å². The van der Waals surface area contributed by atoms with Crippen LogP contribution in [0.4, 0.5) is 5.69 Å². The van der Waals surface area contributed by atoms with Gasteiger partial charge in [0.15, 0.2) is 0 Å². The quantitative estimate of drug-likeness (QED) is 0.689. The normalized spacial score (nSPS) is 10.2. The van der Waals surface area contributed by atoms with Crippen LogP contribution in [-0.2, 0) is 22.6 Å². The van der Waals surface area contributed by atoms with Crippen molar-refractivity contribution in [2.75, 3.05) is 5.73 Å². The van der Waals surface area contributed by atoms with E-state index in [-0.39, 0.29) is 19.0 Å². The van der Waals surface area contributed by atoms with Crippen LogP contribution in [0.15, 0.2) is 48.5 Å². The molecule has 0 saturated carbocycles. The van der Waals surface area contributed by atoms with Crippen LogP contribution in [0.25, 0.3) is 0 Å². The second-order valence-electron chi connectivity index (χ2n) is 4.21. The van der Waals surface area contributed by atoms with Crippen molar-refractivity contribution in [1.29, 1.82) is 0 Å². The maximum absolute atomic E-state index is 11.7. The van der Waals surface area contributed by atoms with E-state index in [4.69, 9.17) is 22.1 Å². The van der Waals surface area contributed by atoms with E-state index in [2.05, 4.69) is 0 Å². The molecule has 2 aromatic carbocycles. The number of nitrogen functional groups attached to an aromatic ring is 1. The van der Waals surface area contributed by atoms with Crippen LogP contribution in [0.3, 0.4) is 0 Å². The van der Waals surface area contributed by atoms with Crippen molar-refractivity contribution in [2.24, 2.45) is 0 Å². The van der Waals surface area contributed by atoms with E-state index in [1.165, 1.54) is 0 Å². The van der Waals surface area contributed by atoms with Gasteiger partial charge in [0.25, 0.3) is 0 Å². The third-order valence-electron chi connectivity index (χ3n) is 2.59. The van der Waals surface area contributed by atoms with Crippen molar-refractivity contribution < 1.29 is 9.53 Å².